The maximum atomic E-state index is 12.2. The third kappa shape index (κ3) is 4.59. The van der Waals surface area contributed by atoms with Crippen LogP contribution in [0.15, 0.2) is 0 Å². The normalized spacial score (nSPS) is 26.6. The Bertz CT molecular complexity index is 440. The van der Waals surface area contributed by atoms with Gasteiger partial charge in [0, 0.05) is 25.2 Å². The summed E-state index contributed by atoms with van der Waals surface area (Å²) < 4.78 is 5.38. The molecular weight excluding hydrogens is 296 g/mol. The van der Waals surface area contributed by atoms with E-state index in [0.717, 1.165) is 12.8 Å². The number of amides is 1. The highest BCUT2D eigenvalue weighted by Crippen LogP contribution is 2.30. The highest BCUT2D eigenvalue weighted by atomic mass is 16.6. The lowest BCUT2D eigenvalue weighted by Crippen LogP contribution is -2.56. The number of hydrogen-bond donors (Lipinski definition) is 1. The van der Waals surface area contributed by atoms with Crippen molar-refractivity contribution in [3.63, 3.8) is 0 Å². The van der Waals surface area contributed by atoms with Gasteiger partial charge < -0.3 is 14.7 Å². The molecule has 1 aliphatic carbocycles. The van der Waals surface area contributed by atoms with Gasteiger partial charge in [-0.2, -0.15) is 0 Å². The van der Waals surface area contributed by atoms with Crippen molar-refractivity contribution in [2.45, 2.75) is 70.6 Å². The van der Waals surface area contributed by atoms with E-state index in [4.69, 9.17) is 4.74 Å². The molecule has 1 heterocycles. The summed E-state index contributed by atoms with van der Waals surface area (Å²) in [6.07, 6.45) is 5.02. The molecule has 1 amide bonds. The molecule has 132 valence electrons. The first kappa shape index (κ1) is 18.0. The molecule has 6 nitrogen and oxygen atoms in total. The van der Waals surface area contributed by atoms with E-state index in [0.29, 0.717) is 19.0 Å². The minimum atomic E-state index is -0.826. The highest BCUT2D eigenvalue weighted by molar-refractivity contribution is 5.74. The SMILES string of the molecule is CN(C1CCCC1)[C@H]1CCN(C(=O)OC(C)(C)C)C[C@@H]1C(=O)O. The van der Waals surface area contributed by atoms with Crippen LogP contribution in [0.2, 0.25) is 0 Å². The Labute approximate surface area is 138 Å². The summed E-state index contributed by atoms with van der Waals surface area (Å²) >= 11 is 0. The number of carboxylic acid groups (broad SMARTS) is 1. The number of carbonyl (C=O) groups is 2. The van der Waals surface area contributed by atoms with Crippen LogP contribution in [-0.4, -0.2) is 64.8 Å². The summed E-state index contributed by atoms with van der Waals surface area (Å²) in [5.74, 6) is -1.38. The van der Waals surface area contributed by atoms with Crippen molar-refractivity contribution >= 4 is 12.1 Å². The van der Waals surface area contributed by atoms with Gasteiger partial charge in [0.2, 0.25) is 0 Å². The van der Waals surface area contributed by atoms with Crippen molar-refractivity contribution in [3.8, 4) is 0 Å². The lowest BCUT2D eigenvalue weighted by molar-refractivity contribution is -0.146. The van der Waals surface area contributed by atoms with E-state index < -0.39 is 23.6 Å². The summed E-state index contributed by atoms with van der Waals surface area (Å²) in [6, 6.07) is 0.476. The van der Waals surface area contributed by atoms with Crippen molar-refractivity contribution in [1.82, 2.24) is 9.80 Å². The second-order valence-electron chi connectivity index (χ2n) is 7.83. The second kappa shape index (κ2) is 7.07. The van der Waals surface area contributed by atoms with Gasteiger partial charge >= 0.3 is 12.1 Å². The van der Waals surface area contributed by atoms with Crippen LogP contribution < -0.4 is 0 Å². The zero-order valence-electron chi connectivity index (χ0n) is 14.7. The number of likely N-dealkylation sites (tertiary alicyclic amines) is 1. The van der Waals surface area contributed by atoms with Gasteiger partial charge in [-0.15, -0.1) is 0 Å². The Morgan fingerprint density at radius 3 is 2.30 bits per heavy atom. The fourth-order valence-electron chi connectivity index (χ4n) is 3.74. The number of carbonyl (C=O) groups excluding carboxylic acids is 1. The van der Waals surface area contributed by atoms with Gasteiger partial charge in [-0.1, -0.05) is 12.8 Å². The van der Waals surface area contributed by atoms with Gasteiger partial charge in [0.25, 0.3) is 0 Å². The number of rotatable bonds is 3. The van der Waals surface area contributed by atoms with E-state index in [1.165, 1.54) is 12.8 Å². The monoisotopic (exact) mass is 326 g/mol. The Morgan fingerprint density at radius 2 is 1.78 bits per heavy atom. The molecule has 1 N–H and O–H groups in total. The maximum absolute atomic E-state index is 12.2. The molecule has 2 aliphatic rings. The molecule has 2 rings (SSSR count). The van der Waals surface area contributed by atoms with Crippen molar-refractivity contribution in [2.24, 2.45) is 5.92 Å². The smallest absolute Gasteiger partial charge is 0.410 e. The number of ether oxygens (including phenoxy) is 1. The fraction of sp³-hybridized carbons (Fsp3) is 0.882. The Morgan fingerprint density at radius 1 is 1.17 bits per heavy atom. The zero-order valence-corrected chi connectivity index (χ0v) is 14.7. The first-order valence-corrected chi connectivity index (χ1v) is 8.61. The van der Waals surface area contributed by atoms with E-state index in [2.05, 4.69) is 4.90 Å². The number of piperidine rings is 1. The predicted molar refractivity (Wildman–Crippen MR) is 87.4 cm³/mol. The van der Waals surface area contributed by atoms with Crippen molar-refractivity contribution in [1.29, 1.82) is 0 Å². The van der Waals surface area contributed by atoms with Crippen LogP contribution in [0.5, 0.6) is 0 Å². The van der Waals surface area contributed by atoms with Crippen molar-refractivity contribution in [2.75, 3.05) is 20.1 Å². The highest BCUT2D eigenvalue weighted by Gasteiger charge is 2.41. The topological polar surface area (TPSA) is 70.1 Å². The molecule has 0 radical (unpaired) electrons. The van der Waals surface area contributed by atoms with E-state index in [1.807, 2.05) is 27.8 Å². The summed E-state index contributed by atoms with van der Waals surface area (Å²) in [5, 5.41) is 9.63. The molecule has 2 fully saturated rings. The quantitative estimate of drug-likeness (QED) is 0.863. The molecule has 0 bridgehead atoms. The standard InChI is InChI=1S/C17H30N2O4/c1-17(2,3)23-16(22)19-10-9-14(13(11-19)15(20)21)18(4)12-7-5-6-8-12/h12-14H,5-11H2,1-4H3,(H,20,21)/t13-,14-/m0/s1. The van der Waals surface area contributed by atoms with Crippen LogP contribution >= 0.6 is 0 Å². The average molecular weight is 326 g/mol. The zero-order chi connectivity index (χ0) is 17.2. The molecule has 0 unspecified atom stereocenters. The summed E-state index contributed by atoms with van der Waals surface area (Å²) in [5.41, 5.74) is -0.562. The number of aliphatic carboxylic acids is 1. The molecule has 1 aliphatic heterocycles. The largest absolute Gasteiger partial charge is 0.481 e. The molecule has 1 saturated heterocycles. The van der Waals surface area contributed by atoms with E-state index in [9.17, 15) is 14.7 Å². The lowest BCUT2D eigenvalue weighted by atomic mass is 9.90. The van der Waals surface area contributed by atoms with Crippen molar-refractivity contribution in [3.05, 3.63) is 0 Å². The molecular formula is C17H30N2O4. The minimum absolute atomic E-state index is 0.00529. The van der Waals surface area contributed by atoms with Crippen molar-refractivity contribution < 1.29 is 19.4 Å². The van der Waals surface area contributed by atoms with Gasteiger partial charge in [-0.05, 0) is 47.1 Å². The molecule has 1 saturated carbocycles. The Hall–Kier alpha value is -1.30. The van der Waals surface area contributed by atoms with E-state index in [-0.39, 0.29) is 12.6 Å². The molecule has 23 heavy (non-hydrogen) atoms. The van der Waals surface area contributed by atoms with Crippen LogP contribution in [-0.2, 0) is 9.53 Å². The fourth-order valence-corrected chi connectivity index (χ4v) is 3.74. The van der Waals surface area contributed by atoms with E-state index in [1.54, 1.807) is 4.90 Å². The van der Waals surface area contributed by atoms with Gasteiger partial charge in [-0.3, -0.25) is 9.69 Å². The molecule has 2 atom stereocenters. The van der Waals surface area contributed by atoms with Crippen LogP contribution in [0.25, 0.3) is 0 Å². The predicted octanol–water partition coefficient (Wildman–Crippen LogP) is 2.57. The van der Waals surface area contributed by atoms with Gasteiger partial charge in [0.05, 0.1) is 5.92 Å². The first-order valence-electron chi connectivity index (χ1n) is 8.61. The Kier molecular flexibility index (Phi) is 5.55. The number of hydrogen-bond acceptors (Lipinski definition) is 4. The van der Waals surface area contributed by atoms with Crippen LogP contribution in [0.3, 0.4) is 0 Å². The molecule has 0 aromatic heterocycles. The maximum Gasteiger partial charge on any atom is 0.410 e. The van der Waals surface area contributed by atoms with Crippen LogP contribution in [0.4, 0.5) is 4.79 Å². The van der Waals surface area contributed by atoms with Gasteiger partial charge in [0.15, 0.2) is 0 Å². The van der Waals surface area contributed by atoms with E-state index >= 15 is 0 Å². The molecule has 6 heteroatoms. The second-order valence-corrected chi connectivity index (χ2v) is 7.83. The first-order chi connectivity index (χ1) is 10.7. The Balaban J connectivity index is 2.02. The third-order valence-electron chi connectivity index (χ3n) is 4.97. The average Bonchev–Trinajstić information content (AvgIpc) is 2.98. The summed E-state index contributed by atoms with van der Waals surface area (Å²) in [4.78, 5) is 27.7. The summed E-state index contributed by atoms with van der Waals surface area (Å²) in [6.45, 7) is 6.24. The van der Waals surface area contributed by atoms with Gasteiger partial charge in [-0.25, -0.2) is 4.79 Å². The number of nitrogens with zero attached hydrogens (tertiary/aromatic N) is 2. The molecule has 0 aromatic carbocycles. The summed E-state index contributed by atoms with van der Waals surface area (Å²) in [7, 11) is 2.04. The van der Waals surface area contributed by atoms with Crippen LogP contribution in [0.1, 0.15) is 52.9 Å². The van der Waals surface area contributed by atoms with Gasteiger partial charge in [0.1, 0.15) is 5.60 Å². The lowest BCUT2D eigenvalue weighted by Gasteiger charge is -2.43. The molecule has 0 spiro atoms. The van der Waals surface area contributed by atoms with Crippen LogP contribution in [0, 0.1) is 5.92 Å². The third-order valence-corrected chi connectivity index (χ3v) is 4.97. The number of carboxylic acids is 1. The minimum Gasteiger partial charge on any atom is -0.481 e. The molecule has 0 aromatic rings.